The van der Waals surface area contributed by atoms with E-state index in [4.69, 9.17) is 22.9 Å². The number of carbonyl (C=O) groups excluding carboxylic acids is 2. The van der Waals surface area contributed by atoms with Crippen LogP contribution in [0.5, 0.6) is 0 Å². The van der Waals surface area contributed by atoms with Crippen LogP contribution in [0.25, 0.3) is 9.81 Å². The Morgan fingerprint density at radius 3 is 1.25 bits per heavy atom. The molecule has 0 bridgehead atoms. The molecular formula is C83H87F5N12O12S4. The number of hydrogen-bond donors (Lipinski definition) is 5. The van der Waals surface area contributed by atoms with Crippen LogP contribution in [0.15, 0.2) is 239 Å². The van der Waals surface area contributed by atoms with E-state index >= 15 is 0 Å². The van der Waals surface area contributed by atoms with Crippen molar-refractivity contribution in [1.29, 1.82) is 0 Å². The van der Waals surface area contributed by atoms with Crippen molar-refractivity contribution in [3.8, 4) is 0 Å². The highest BCUT2D eigenvalue weighted by Crippen LogP contribution is 2.44. The summed E-state index contributed by atoms with van der Waals surface area (Å²) < 4.78 is 101. The lowest BCUT2D eigenvalue weighted by atomic mass is 9.85. The minimum Gasteiger partial charge on any atom is -0.399 e. The predicted molar refractivity (Wildman–Crippen MR) is 453 cm³/mol. The number of nitrogens with two attached hydrogens (primary N) is 4. The molecule has 6 atom stereocenters. The van der Waals surface area contributed by atoms with Gasteiger partial charge in [0.1, 0.15) is 51.1 Å². The third kappa shape index (κ3) is 25.2. The Balaban J connectivity index is 0.000000226. The smallest absolute Gasteiger partial charge is 0.270 e. The second kappa shape index (κ2) is 39.6. The Kier molecular flexibility index (Phi) is 31.8. The van der Waals surface area contributed by atoms with Gasteiger partial charge in [0.25, 0.3) is 22.7 Å². The normalized spacial score (nSPS) is 16.7. The molecule has 0 spiro atoms. The van der Waals surface area contributed by atoms with Crippen LogP contribution in [-0.4, -0.2) is 65.2 Å². The first kappa shape index (κ1) is 93.2. The number of benzene rings is 9. The van der Waals surface area contributed by atoms with Gasteiger partial charge in [0, 0.05) is 121 Å². The molecule has 0 radical (unpaired) electrons. The summed E-state index contributed by atoms with van der Waals surface area (Å²) >= 11 is 2.67. The van der Waals surface area contributed by atoms with E-state index in [1.807, 2.05) is 73.7 Å². The number of nitrogen functional groups attached to an aromatic ring is 1. The number of aliphatic imine (C=N–C) groups is 2. The van der Waals surface area contributed by atoms with Crippen LogP contribution in [0.4, 0.5) is 50.4 Å². The van der Waals surface area contributed by atoms with E-state index in [9.17, 15) is 80.4 Å². The minimum atomic E-state index is -1.64. The summed E-state index contributed by atoms with van der Waals surface area (Å²) in [5.74, 6) is -3.47. The van der Waals surface area contributed by atoms with Crippen LogP contribution in [-0.2, 0) is 44.1 Å². The number of nitro groups is 4. The van der Waals surface area contributed by atoms with Crippen LogP contribution in [0, 0.1) is 69.5 Å². The molecule has 610 valence electrons. The van der Waals surface area contributed by atoms with Gasteiger partial charge in [-0.2, -0.15) is 4.40 Å². The molecule has 9 aromatic rings. The number of anilines is 1. The molecule has 24 nitrogen and oxygen atoms in total. The number of amidine groups is 2. The van der Waals surface area contributed by atoms with Gasteiger partial charge in [0.15, 0.2) is 21.9 Å². The fourth-order valence-corrected chi connectivity index (χ4v) is 14.7. The van der Waals surface area contributed by atoms with Gasteiger partial charge in [-0.15, -0.1) is 0 Å². The number of halogens is 5. The number of thioether (sulfide) groups is 2. The lowest BCUT2D eigenvalue weighted by Crippen LogP contribution is -2.47. The van der Waals surface area contributed by atoms with Crippen molar-refractivity contribution in [2.45, 2.75) is 128 Å². The fraction of sp³-hybridized carbons (Fsp3) is 0.241. The molecule has 0 aromatic heterocycles. The molecule has 11 rings (SSSR count). The van der Waals surface area contributed by atoms with Crippen LogP contribution >= 0.6 is 23.5 Å². The van der Waals surface area contributed by atoms with Crippen LogP contribution in [0.2, 0.25) is 0 Å². The molecule has 33 heteroatoms. The molecule has 2 aliphatic heterocycles. The minimum absolute atomic E-state index is 0. The summed E-state index contributed by atoms with van der Waals surface area (Å²) in [4.78, 5) is 76.8. The highest BCUT2D eigenvalue weighted by atomic mass is 32.2. The standard InChI is InChI=1S/C20H23FN2O4S.C17H14FN3O2S.C17H16FN3S.C16H15FN2O3.C12H15FN2O3S.CH4/c1-19(2,3)28(27)22-20(4,13-18(24)14-8-6-5-7-9-14)16-12-15(23(25)26)10-11-17(16)21;1-17(13-9-12(21(22)23)7-8-14(13)18)10-15(24-16(19)20-17)11-5-3-2-4-6-11;1-17(13-9-12(19)7-8-14(13)18)10-15(22-16(20)21-17)11-5-3-2-4-6-11;1-16(18,10-15(20)11-5-3-2-4-6-11)13-9-12(19(21)22)7-8-14(13)17;1-8(14-19(18)12(2,3)4)10-7-9(15(16)17)5-6-11(10)13;/h5-12,22H,13H2,1-4H3;2-10H,1H3,(H2,19,20);2-10H,19H2,1H3,(H2,20,21);2-9H,10,18H2,1H3;5-7H,1-4H3;1H4/t20-,28+;2*17-;16-;19-;/m00001./s1. The number of Topliss-reactive ketones (excluding diaryl/α,β-unsaturated/α-hetero) is 2. The fourth-order valence-electron chi connectivity index (χ4n) is 11.1. The number of ketones is 2. The zero-order valence-corrected chi connectivity index (χ0v) is 67.4. The second-order valence-electron chi connectivity index (χ2n) is 28.8. The maximum absolute atomic E-state index is 14.7. The molecular weight excluding hydrogens is 1580 g/mol. The Hall–Kier alpha value is -11.6. The lowest BCUT2D eigenvalue weighted by Gasteiger charge is -2.33. The molecule has 0 aliphatic carbocycles. The molecule has 0 amide bonds. The van der Waals surface area contributed by atoms with Gasteiger partial charge in [0.05, 0.1) is 51.4 Å². The summed E-state index contributed by atoms with van der Waals surface area (Å²) in [6.45, 7) is 18.4. The van der Waals surface area contributed by atoms with E-state index in [0.717, 1.165) is 87.7 Å². The lowest BCUT2D eigenvalue weighted by molar-refractivity contribution is -0.385. The molecule has 9 N–H and O–H groups in total. The van der Waals surface area contributed by atoms with Crippen LogP contribution in [0.3, 0.4) is 0 Å². The highest BCUT2D eigenvalue weighted by molar-refractivity contribution is 8.22. The van der Waals surface area contributed by atoms with E-state index in [0.29, 0.717) is 27.5 Å². The molecule has 2 heterocycles. The van der Waals surface area contributed by atoms with Gasteiger partial charge in [-0.1, -0.05) is 152 Å². The van der Waals surface area contributed by atoms with Gasteiger partial charge in [-0.3, -0.25) is 50.0 Å². The Morgan fingerprint density at radius 1 is 0.483 bits per heavy atom. The topological polar surface area (TPSA) is 394 Å². The number of nitro benzene ring substituents is 4. The molecule has 0 unspecified atom stereocenters. The largest absolute Gasteiger partial charge is 0.399 e. The zero-order chi connectivity index (χ0) is 85.3. The average Bonchev–Trinajstić information content (AvgIpc) is 0.778. The Morgan fingerprint density at radius 2 is 0.836 bits per heavy atom. The number of nitrogens with one attached hydrogen (secondary N) is 1. The predicted octanol–water partition coefficient (Wildman–Crippen LogP) is 18.9. The maximum Gasteiger partial charge on any atom is 0.270 e. The first-order valence-electron chi connectivity index (χ1n) is 34.8. The maximum atomic E-state index is 14.7. The molecule has 116 heavy (non-hydrogen) atoms. The summed E-state index contributed by atoms with van der Waals surface area (Å²) in [5.41, 5.74) is 22.0. The molecule has 0 fully saturated rings. The van der Waals surface area contributed by atoms with Gasteiger partial charge in [-0.25, -0.2) is 45.1 Å². The van der Waals surface area contributed by atoms with Crippen LogP contribution in [0.1, 0.15) is 156 Å². The van der Waals surface area contributed by atoms with Crippen molar-refractivity contribution >= 4 is 111 Å². The number of hydrogen-bond acceptors (Lipinski definition) is 20. The molecule has 0 saturated carbocycles. The van der Waals surface area contributed by atoms with Gasteiger partial charge >= 0.3 is 0 Å². The van der Waals surface area contributed by atoms with E-state index in [1.165, 1.54) is 62.5 Å². The van der Waals surface area contributed by atoms with E-state index in [-0.39, 0.29) is 93.5 Å². The first-order chi connectivity index (χ1) is 53.7. The second-order valence-corrected chi connectivity index (χ2v) is 34.8. The van der Waals surface area contributed by atoms with E-state index in [2.05, 4.69) is 19.1 Å². The van der Waals surface area contributed by atoms with Crippen molar-refractivity contribution in [3.63, 3.8) is 0 Å². The number of non-ortho nitro benzene ring substituents is 4. The highest BCUT2D eigenvalue weighted by Gasteiger charge is 2.39. The van der Waals surface area contributed by atoms with Crippen molar-refractivity contribution in [2.75, 3.05) is 5.73 Å². The Labute approximate surface area is 681 Å². The van der Waals surface area contributed by atoms with Gasteiger partial charge in [0.2, 0.25) is 0 Å². The van der Waals surface area contributed by atoms with Crippen molar-refractivity contribution in [3.05, 3.63) is 344 Å². The monoisotopic (exact) mass is 1670 g/mol. The molecule has 9 aromatic carbocycles. The summed E-state index contributed by atoms with van der Waals surface area (Å²) in [5, 5.41) is 44.3. The molecule has 0 saturated heterocycles. The molecule has 2 aliphatic rings. The number of carbonyl (C=O) groups is 2. The van der Waals surface area contributed by atoms with Gasteiger partial charge < -0.3 is 22.9 Å². The van der Waals surface area contributed by atoms with Gasteiger partial charge in [-0.05, 0) is 142 Å². The average molecular weight is 1670 g/mol. The summed E-state index contributed by atoms with van der Waals surface area (Å²) in [7, 11) is -3.19. The van der Waals surface area contributed by atoms with Crippen molar-refractivity contribution in [1.82, 2.24) is 4.72 Å². The zero-order valence-electron chi connectivity index (χ0n) is 64.1. The summed E-state index contributed by atoms with van der Waals surface area (Å²) in [6.07, 6.45) is 3.33. The SMILES string of the molecule is C.CC(=N[S@](=O)C(C)(C)C)c1cc([N+](=O)[O-])ccc1F.CC(C)(C)[S@@](=O)N[C@@](C)(CC(=O)c1ccccc1)c1cc([N+](=O)[O-])ccc1F.C[C@@]1(c2cc(N)ccc2F)C=C(c2ccccc2)SC(N)=N1.C[C@@]1(c2cc([N+](=O)[O-])ccc2F)C=C(c2ccccc2)SC(N)=N1.C[C@](N)(CC(=O)c1ccccc1)c1cc([N+](=O)[O-])ccc1F. The van der Waals surface area contributed by atoms with Crippen molar-refractivity contribution < 1.29 is 59.7 Å². The van der Waals surface area contributed by atoms with Crippen LogP contribution < -0.4 is 27.7 Å². The third-order valence-corrected chi connectivity index (χ3v) is 22.2. The summed E-state index contributed by atoms with van der Waals surface area (Å²) in [6, 6.07) is 53.7. The van der Waals surface area contributed by atoms with E-state index < -0.39 is 96.6 Å². The quantitative estimate of drug-likeness (QED) is 0.0118. The number of nitrogens with zero attached hydrogens (tertiary/aromatic N) is 7. The van der Waals surface area contributed by atoms with E-state index in [1.54, 1.807) is 121 Å². The number of rotatable bonds is 20. The van der Waals surface area contributed by atoms with Crippen molar-refractivity contribution in [2.24, 2.45) is 31.6 Å². The first-order valence-corrected chi connectivity index (χ1v) is 38.7. The third-order valence-electron chi connectivity index (χ3n) is 17.2. The Bertz CT molecular complexity index is 5350.